The molecular formula is C6H12FNO2. The molecule has 0 saturated carbocycles. The van der Waals surface area contributed by atoms with E-state index in [0.717, 1.165) is 0 Å². The first-order chi connectivity index (χ1) is 4.46. The highest BCUT2D eigenvalue weighted by atomic mass is 19.1. The maximum atomic E-state index is 12.4. The Bertz CT molecular complexity index is 127. The second-order valence-electron chi connectivity index (χ2n) is 2.40. The Labute approximate surface area is 59.0 Å². The average Bonchev–Trinajstić information content (AvgIpc) is 1.84. The highest BCUT2D eigenvalue weighted by Gasteiger charge is 2.24. The zero-order valence-corrected chi connectivity index (χ0v) is 6.04. The van der Waals surface area contributed by atoms with Crippen LogP contribution < -0.4 is 5.73 Å². The highest BCUT2D eigenvalue weighted by molar-refractivity contribution is 5.73. The van der Waals surface area contributed by atoms with Gasteiger partial charge in [0.2, 0.25) is 0 Å². The van der Waals surface area contributed by atoms with Gasteiger partial charge in [-0.3, -0.25) is 4.79 Å². The summed E-state index contributed by atoms with van der Waals surface area (Å²) in [5.41, 5.74) is 5.12. The van der Waals surface area contributed by atoms with Crippen molar-refractivity contribution in [1.82, 2.24) is 0 Å². The fourth-order valence-corrected chi connectivity index (χ4v) is 0.511. The molecule has 0 bridgehead atoms. The normalized spacial score (nSPS) is 19.6. The molecule has 3 N–H and O–H groups in total. The maximum Gasteiger partial charge on any atom is 0.320 e. The Morgan fingerprint density at radius 1 is 1.60 bits per heavy atom. The second-order valence-corrected chi connectivity index (χ2v) is 2.40. The van der Waals surface area contributed by atoms with Gasteiger partial charge in [-0.05, 0) is 6.92 Å². The Hall–Kier alpha value is -0.640. The molecule has 0 spiro atoms. The van der Waals surface area contributed by atoms with Crippen molar-refractivity contribution in [3.8, 4) is 0 Å². The van der Waals surface area contributed by atoms with Crippen molar-refractivity contribution in [3.63, 3.8) is 0 Å². The Morgan fingerprint density at radius 2 is 2.00 bits per heavy atom. The molecule has 3 nitrogen and oxygen atoms in total. The summed E-state index contributed by atoms with van der Waals surface area (Å²) in [7, 11) is 0. The molecule has 1 unspecified atom stereocenters. The summed E-state index contributed by atoms with van der Waals surface area (Å²) in [5.74, 6) is -1.78. The number of nitrogens with two attached hydrogens (primary N) is 1. The molecule has 0 aliphatic heterocycles. The van der Waals surface area contributed by atoms with Crippen LogP contribution in [0.15, 0.2) is 0 Å². The Morgan fingerprint density at radius 3 is 2.10 bits per heavy atom. The Balaban J connectivity index is 3.94. The standard InChI is InChI=1S/C6H12FNO2/c1-3(4(2)7)5(8)6(9)10/h3-5H,8H2,1-2H3,(H,9,10)/t3-,4?,5-/m0/s1. The van der Waals surface area contributed by atoms with Crippen molar-refractivity contribution in [2.24, 2.45) is 11.7 Å². The van der Waals surface area contributed by atoms with Gasteiger partial charge in [0, 0.05) is 5.92 Å². The molecule has 0 aromatic heterocycles. The van der Waals surface area contributed by atoms with Crippen molar-refractivity contribution in [2.75, 3.05) is 0 Å². The number of carboxylic acid groups (broad SMARTS) is 1. The quantitative estimate of drug-likeness (QED) is 0.610. The largest absolute Gasteiger partial charge is 0.480 e. The molecule has 0 heterocycles. The number of rotatable bonds is 3. The summed E-state index contributed by atoms with van der Waals surface area (Å²) in [6, 6.07) is -1.10. The van der Waals surface area contributed by atoms with Gasteiger partial charge in [-0.1, -0.05) is 6.92 Å². The number of aliphatic carboxylic acids is 1. The van der Waals surface area contributed by atoms with Crippen LogP contribution in [0.5, 0.6) is 0 Å². The molecular weight excluding hydrogens is 137 g/mol. The molecule has 60 valence electrons. The molecule has 0 rings (SSSR count). The number of carboxylic acids is 1. The van der Waals surface area contributed by atoms with E-state index in [9.17, 15) is 9.18 Å². The van der Waals surface area contributed by atoms with Gasteiger partial charge in [0.25, 0.3) is 0 Å². The average molecular weight is 149 g/mol. The minimum absolute atomic E-state index is 0.627. The molecule has 0 aromatic carbocycles. The number of hydrogen-bond donors (Lipinski definition) is 2. The predicted molar refractivity (Wildman–Crippen MR) is 35.3 cm³/mol. The summed E-state index contributed by atoms with van der Waals surface area (Å²) in [5, 5.41) is 8.31. The highest BCUT2D eigenvalue weighted by Crippen LogP contribution is 2.09. The topological polar surface area (TPSA) is 63.3 Å². The lowest BCUT2D eigenvalue weighted by Crippen LogP contribution is -2.40. The summed E-state index contributed by atoms with van der Waals surface area (Å²) in [6.45, 7) is 2.77. The van der Waals surface area contributed by atoms with E-state index in [2.05, 4.69) is 0 Å². The third-order valence-electron chi connectivity index (χ3n) is 1.58. The molecule has 0 radical (unpaired) electrons. The molecule has 0 fully saturated rings. The number of halogens is 1. The summed E-state index contributed by atoms with van der Waals surface area (Å²) in [4.78, 5) is 10.2. The number of alkyl halides is 1. The van der Waals surface area contributed by atoms with Gasteiger partial charge in [0.15, 0.2) is 0 Å². The molecule has 0 amide bonds. The van der Waals surface area contributed by atoms with E-state index < -0.39 is 24.1 Å². The monoisotopic (exact) mass is 149 g/mol. The predicted octanol–water partition coefficient (Wildman–Crippen LogP) is 0.392. The lowest BCUT2D eigenvalue weighted by atomic mass is 9.99. The lowest BCUT2D eigenvalue weighted by molar-refractivity contribution is -0.140. The first-order valence-electron chi connectivity index (χ1n) is 3.09. The van der Waals surface area contributed by atoms with Crippen molar-refractivity contribution in [2.45, 2.75) is 26.1 Å². The van der Waals surface area contributed by atoms with Crippen LogP contribution >= 0.6 is 0 Å². The van der Waals surface area contributed by atoms with E-state index in [-0.39, 0.29) is 0 Å². The summed E-state index contributed by atoms with van der Waals surface area (Å²) < 4.78 is 12.4. The maximum absolute atomic E-state index is 12.4. The molecule has 10 heavy (non-hydrogen) atoms. The number of carbonyl (C=O) groups is 1. The third kappa shape index (κ3) is 2.31. The van der Waals surface area contributed by atoms with Gasteiger partial charge >= 0.3 is 5.97 Å². The van der Waals surface area contributed by atoms with Crippen LogP contribution in [0.1, 0.15) is 13.8 Å². The Kier molecular flexibility index (Phi) is 3.28. The van der Waals surface area contributed by atoms with Crippen molar-refractivity contribution in [3.05, 3.63) is 0 Å². The van der Waals surface area contributed by atoms with Crippen LogP contribution in [-0.4, -0.2) is 23.3 Å². The van der Waals surface area contributed by atoms with E-state index in [1.165, 1.54) is 13.8 Å². The van der Waals surface area contributed by atoms with Crippen LogP contribution in [0.25, 0.3) is 0 Å². The van der Waals surface area contributed by atoms with Gasteiger partial charge in [0.05, 0.1) is 0 Å². The van der Waals surface area contributed by atoms with Gasteiger partial charge in [-0.25, -0.2) is 4.39 Å². The second kappa shape index (κ2) is 3.51. The smallest absolute Gasteiger partial charge is 0.320 e. The molecule has 0 aliphatic rings. The fraction of sp³-hybridized carbons (Fsp3) is 0.833. The van der Waals surface area contributed by atoms with Crippen molar-refractivity contribution >= 4 is 5.97 Å². The first kappa shape index (κ1) is 9.36. The zero-order valence-electron chi connectivity index (χ0n) is 6.04. The minimum Gasteiger partial charge on any atom is -0.480 e. The van der Waals surface area contributed by atoms with Crippen LogP contribution in [0.3, 0.4) is 0 Å². The van der Waals surface area contributed by atoms with E-state index in [1.807, 2.05) is 0 Å². The molecule has 3 atom stereocenters. The van der Waals surface area contributed by atoms with Crippen LogP contribution in [-0.2, 0) is 4.79 Å². The molecule has 0 aromatic rings. The SMILES string of the molecule is CC(F)[C@H](C)[C@H](N)C(=O)O. The van der Waals surface area contributed by atoms with Crippen molar-refractivity contribution < 1.29 is 14.3 Å². The third-order valence-corrected chi connectivity index (χ3v) is 1.58. The number of hydrogen-bond acceptors (Lipinski definition) is 2. The lowest BCUT2D eigenvalue weighted by Gasteiger charge is -2.16. The van der Waals surface area contributed by atoms with E-state index in [1.54, 1.807) is 0 Å². The van der Waals surface area contributed by atoms with Crippen LogP contribution in [0, 0.1) is 5.92 Å². The molecule has 0 saturated heterocycles. The van der Waals surface area contributed by atoms with E-state index in [0.29, 0.717) is 0 Å². The van der Waals surface area contributed by atoms with Crippen molar-refractivity contribution in [1.29, 1.82) is 0 Å². The summed E-state index contributed by atoms with van der Waals surface area (Å²) in [6.07, 6.45) is -1.17. The minimum atomic E-state index is -1.17. The first-order valence-corrected chi connectivity index (χ1v) is 3.09. The fourth-order valence-electron chi connectivity index (χ4n) is 0.511. The van der Waals surface area contributed by atoms with Crippen LogP contribution in [0.2, 0.25) is 0 Å². The van der Waals surface area contributed by atoms with E-state index in [4.69, 9.17) is 10.8 Å². The van der Waals surface area contributed by atoms with Gasteiger partial charge in [-0.15, -0.1) is 0 Å². The molecule has 4 heteroatoms. The zero-order chi connectivity index (χ0) is 8.31. The molecule has 0 aliphatic carbocycles. The van der Waals surface area contributed by atoms with Gasteiger partial charge < -0.3 is 10.8 Å². The van der Waals surface area contributed by atoms with E-state index >= 15 is 0 Å². The van der Waals surface area contributed by atoms with Gasteiger partial charge in [0.1, 0.15) is 12.2 Å². The summed E-state index contributed by atoms with van der Waals surface area (Å²) >= 11 is 0. The van der Waals surface area contributed by atoms with Crippen LogP contribution in [0.4, 0.5) is 4.39 Å². The van der Waals surface area contributed by atoms with Gasteiger partial charge in [-0.2, -0.15) is 0 Å².